The predicted octanol–water partition coefficient (Wildman–Crippen LogP) is 5.45. The molecule has 0 aromatic heterocycles. The number of unbranched alkanes of at least 4 members (excludes halogenated alkanes) is 4. The number of hydrogen-bond donors (Lipinski definition) is 0. The molecule has 23 heavy (non-hydrogen) atoms. The van der Waals surface area contributed by atoms with Crippen molar-refractivity contribution in [2.45, 2.75) is 69.1 Å². The van der Waals surface area contributed by atoms with Gasteiger partial charge < -0.3 is 8.85 Å². The fraction of sp³-hybridized carbons (Fsp3) is 1.00. The highest BCUT2D eigenvalue weighted by Crippen LogP contribution is 2.44. The SMILES string of the molecule is CO[Si](C)(OC)C(F)(F)C(F)(F)CCCCCCCC(F)(F)F. The second kappa shape index (κ2) is 8.66. The summed E-state index contributed by atoms with van der Waals surface area (Å²) in [5.74, 6) is -4.29. The molecule has 0 aliphatic rings. The highest BCUT2D eigenvalue weighted by atomic mass is 28.4. The lowest BCUT2D eigenvalue weighted by atomic mass is 10.1. The molecule has 0 saturated carbocycles. The lowest BCUT2D eigenvalue weighted by Gasteiger charge is -2.36. The van der Waals surface area contributed by atoms with Crippen LogP contribution < -0.4 is 0 Å². The van der Waals surface area contributed by atoms with Crippen molar-refractivity contribution in [2.24, 2.45) is 0 Å². The molecule has 0 atom stereocenters. The van der Waals surface area contributed by atoms with E-state index in [2.05, 4.69) is 8.85 Å². The Kier molecular flexibility index (Phi) is 8.53. The van der Waals surface area contributed by atoms with Crippen LogP contribution in [0.5, 0.6) is 0 Å². The zero-order valence-electron chi connectivity index (χ0n) is 13.4. The highest BCUT2D eigenvalue weighted by Gasteiger charge is 2.70. The summed E-state index contributed by atoms with van der Waals surface area (Å²) in [6, 6.07) is 0. The maximum Gasteiger partial charge on any atom is 0.418 e. The van der Waals surface area contributed by atoms with Crippen molar-refractivity contribution in [3.8, 4) is 0 Å². The Morgan fingerprint density at radius 2 is 1.09 bits per heavy atom. The summed E-state index contributed by atoms with van der Waals surface area (Å²) in [6.45, 7) is 0.859. The van der Waals surface area contributed by atoms with Crippen LogP contribution >= 0.6 is 0 Å². The third kappa shape index (κ3) is 6.58. The van der Waals surface area contributed by atoms with Gasteiger partial charge in [-0.25, -0.2) is 8.78 Å². The minimum atomic E-state index is -4.40. The van der Waals surface area contributed by atoms with Gasteiger partial charge in [0.2, 0.25) is 0 Å². The third-order valence-corrected chi connectivity index (χ3v) is 6.82. The molecule has 0 aromatic carbocycles. The van der Waals surface area contributed by atoms with Crippen LogP contribution in [-0.4, -0.2) is 40.4 Å². The van der Waals surface area contributed by atoms with Gasteiger partial charge in [-0.2, -0.15) is 22.0 Å². The second-order valence-electron chi connectivity index (χ2n) is 5.52. The smallest absolute Gasteiger partial charge is 0.394 e. The average molecular weight is 372 g/mol. The molecule has 140 valence electrons. The number of alkyl halides is 7. The van der Waals surface area contributed by atoms with E-state index in [4.69, 9.17) is 0 Å². The van der Waals surface area contributed by atoms with E-state index in [1.165, 1.54) is 0 Å². The molecule has 0 heterocycles. The van der Waals surface area contributed by atoms with E-state index < -0.39 is 39.0 Å². The summed E-state index contributed by atoms with van der Waals surface area (Å²) in [7, 11) is -2.56. The van der Waals surface area contributed by atoms with Crippen LogP contribution in [0.3, 0.4) is 0 Å². The van der Waals surface area contributed by atoms with E-state index in [1.54, 1.807) is 0 Å². The van der Waals surface area contributed by atoms with Crippen LogP contribution in [0.1, 0.15) is 44.9 Å². The molecule has 0 aliphatic heterocycles. The van der Waals surface area contributed by atoms with Crippen molar-refractivity contribution in [1.29, 1.82) is 0 Å². The molecule has 0 rings (SSSR count). The molecule has 0 N–H and O–H groups in total. The molecule has 0 aromatic rings. The molecule has 2 nitrogen and oxygen atoms in total. The first-order valence-electron chi connectivity index (χ1n) is 7.25. The Morgan fingerprint density at radius 3 is 1.48 bits per heavy atom. The first-order valence-corrected chi connectivity index (χ1v) is 9.57. The van der Waals surface area contributed by atoms with Gasteiger partial charge in [-0.05, 0) is 19.4 Å². The molecule has 0 unspecified atom stereocenters. The summed E-state index contributed by atoms with van der Waals surface area (Å²) < 4.78 is 100. The predicted molar refractivity (Wildman–Crippen MR) is 73.9 cm³/mol. The quantitative estimate of drug-likeness (QED) is 0.273. The van der Waals surface area contributed by atoms with Gasteiger partial charge >= 0.3 is 26.2 Å². The van der Waals surface area contributed by atoms with Gasteiger partial charge in [0.15, 0.2) is 0 Å². The van der Waals surface area contributed by atoms with Gasteiger partial charge in [0.25, 0.3) is 0 Å². The normalized spacial score (nSPS) is 14.3. The molecular weight excluding hydrogens is 349 g/mol. The summed E-state index contributed by atoms with van der Waals surface area (Å²) in [6.07, 6.45) is -5.82. The molecule has 0 fully saturated rings. The standard InChI is InChI=1S/C13H23F7O2Si/c1-21-23(3,22-2)13(19,20)11(14,15)9-7-5-4-6-8-10-12(16,17)18/h4-10H2,1-3H3. The molecule has 0 aliphatic carbocycles. The molecule has 0 amide bonds. The van der Waals surface area contributed by atoms with Crippen LogP contribution in [0.15, 0.2) is 0 Å². The van der Waals surface area contributed by atoms with Crippen molar-refractivity contribution in [2.75, 3.05) is 14.2 Å². The van der Waals surface area contributed by atoms with Gasteiger partial charge in [0.1, 0.15) is 0 Å². The third-order valence-electron chi connectivity index (χ3n) is 3.76. The lowest BCUT2D eigenvalue weighted by Crippen LogP contribution is -2.63. The largest absolute Gasteiger partial charge is 0.418 e. The summed E-state index contributed by atoms with van der Waals surface area (Å²) in [5, 5.41) is 0. The summed E-state index contributed by atoms with van der Waals surface area (Å²) in [4.78, 5) is 0. The van der Waals surface area contributed by atoms with Gasteiger partial charge in [-0.3, -0.25) is 0 Å². The fourth-order valence-corrected chi connectivity index (χ4v) is 3.50. The van der Waals surface area contributed by atoms with Crippen molar-refractivity contribution in [3.05, 3.63) is 0 Å². The second-order valence-corrected chi connectivity index (χ2v) is 8.85. The van der Waals surface area contributed by atoms with Gasteiger partial charge in [-0.15, -0.1) is 0 Å². The molecule has 0 bridgehead atoms. The van der Waals surface area contributed by atoms with Crippen LogP contribution in [0.4, 0.5) is 30.7 Å². The Bertz CT molecular complexity index is 344. The van der Waals surface area contributed by atoms with Crippen molar-refractivity contribution in [1.82, 2.24) is 0 Å². The maximum atomic E-state index is 13.9. The first kappa shape index (κ1) is 22.6. The topological polar surface area (TPSA) is 18.5 Å². The molecular formula is C13H23F7O2Si. The zero-order valence-corrected chi connectivity index (χ0v) is 14.4. The van der Waals surface area contributed by atoms with Crippen molar-refractivity contribution >= 4 is 8.56 Å². The number of rotatable bonds is 11. The van der Waals surface area contributed by atoms with Crippen LogP contribution in [0, 0.1) is 0 Å². The summed E-state index contributed by atoms with van der Waals surface area (Å²) >= 11 is 0. The monoisotopic (exact) mass is 372 g/mol. The van der Waals surface area contributed by atoms with E-state index in [1.807, 2.05) is 0 Å². The molecule has 10 heteroatoms. The van der Waals surface area contributed by atoms with Crippen LogP contribution in [-0.2, 0) is 8.85 Å². The van der Waals surface area contributed by atoms with E-state index in [0.29, 0.717) is 6.42 Å². The molecule has 0 spiro atoms. The van der Waals surface area contributed by atoms with Gasteiger partial charge in [0, 0.05) is 27.1 Å². The van der Waals surface area contributed by atoms with E-state index in [9.17, 15) is 30.7 Å². The molecule has 0 radical (unpaired) electrons. The Hall–Kier alpha value is -0.353. The van der Waals surface area contributed by atoms with Gasteiger partial charge in [-0.1, -0.05) is 19.3 Å². The number of hydrogen-bond acceptors (Lipinski definition) is 2. The minimum absolute atomic E-state index is 0.0889. The molecule has 0 saturated heterocycles. The Morgan fingerprint density at radius 1 is 0.696 bits per heavy atom. The fourth-order valence-electron chi connectivity index (χ4n) is 2.03. The highest BCUT2D eigenvalue weighted by molar-refractivity contribution is 6.68. The Labute approximate surface area is 132 Å². The number of halogens is 7. The first-order chi connectivity index (χ1) is 10.3. The van der Waals surface area contributed by atoms with Crippen molar-refractivity contribution in [3.63, 3.8) is 0 Å². The lowest BCUT2D eigenvalue weighted by molar-refractivity contribution is -0.185. The van der Waals surface area contributed by atoms with E-state index in [0.717, 1.165) is 20.8 Å². The Balaban J connectivity index is 4.28. The van der Waals surface area contributed by atoms with Gasteiger partial charge in [0.05, 0.1) is 0 Å². The summed E-state index contributed by atoms with van der Waals surface area (Å²) in [5.41, 5.74) is -4.40. The van der Waals surface area contributed by atoms with E-state index >= 15 is 0 Å². The van der Waals surface area contributed by atoms with Crippen LogP contribution in [0.2, 0.25) is 6.55 Å². The van der Waals surface area contributed by atoms with E-state index in [-0.39, 0.29) is 25.7 Å². The van der Waals surface area contributed by atoms with Crippen molar-refractivity contribution < 1.29 is 39.6 Å². The van der Waals surface area contributed by atoms with Crippen LogP contribution in [0.25, 0.3) is 0 Å². The minimum Gasteiger partial charge on any atom is -0.394 e. The zero-order chi connectivity index (χ0) is 18.4. The maximum absolute atomic E-state index is 13.9. The average Bonchev–Trinajstić information content (AvgIpc) is 2.43.